The van der Waals surface area contributed by atoms with Gasteiger partial charge in [-0.3, -0.25) is 48.1 Å². The van der Waals surface area contributed by atoms with Gasteiger partial charge in [-0.25, -0.2) is 14.2 Å². The molecule has 1 aliphatic carbocycles. The number of ether oxygens (including phenoxy) is 1. The van der Waals surface area contributed by atoms with Crippen LogP contribution in [0.1, 0.15) is 142 Å². The van der Waals surface area contributed by atoms with Crippen molar-refractivity contribution in [3.8, 4) is 11.4 Å². The lowest BCUT2D eigenvalue weighted by Gasteiger charge is -2.31. The zero-order valence-corrected chi connectivity index (χ0v) is 44.9. The lowest BCUT2D eigenvalue weighted by Crippen LogP contribution is -2.44. The predicted octanol–water partition coefficient (Wildman–Crippen LogP) is 3.60. The highest BCUT2D eigenvalue weighted by molar-refractivity contribution is 6.03. The van der Waals surface area contributed by atoms with E-state index in [2.05, 4.69) is 21.3 Å². The molecular formula is C58H69FN8O12. The van der Waals surface area contributed by atoms with Gasteiger partial charge in [0, 0.05) is 73.1 Å². The van der Waals surface area contributed by atoms with E-state index in [1.54, 1.807) is 57.2 Å². The topological polar surface area (TPSA) is 295 Å². The highest BCUT2D eigenvalue weighted by Gasteiger charge is 2.46. The molecule has 2 aromatic heterocycles. The highest BCUT2D eigenvalue weighted by atomic mass is 19.1. The summed E-state index contributed by atoms with van der Waals surface area (Å²) in [5.41, 5.74) is 7.49. The van der Waals surface area contributed by atoms with E-state index in [-0.39, 0.29) is 98.6 Å². The molecule has 0 radical (unpaired) electrons. The summed E-state index contributed by atoms with van der Waals surface area (Å²) in [6.45, 7) is 4.51. The molecule has 7 N–H and O–H groups in total. The lowest BCUT2D eigenvalue weighted by molar-refractivity contribution is -0.172. The number of esters is 1. The minimum absolute atomic E-state index is 0.0371. The normalized spacial score (nSPS) is 18.8. The van der Waals surface area contributed by atoms with Gasteiger partial charge < -0.3 is 41.4 Å². The molecule has 2 aromatic carbocycles. The Morgan fingerprint density at radius 1 is 0.911 bits per heavy atom. The van der Waals surface area contributed by atoms with Crippen LogP contribution in [0.5, 0.6) is 0 Å². The number of carbonyl (C=O) groups is 9. The van der Waals surface area contributed by atoms with E-state index >= 15 is 4.39 Å². The van der Waals surface area contributed by atoms with Crippen molar-refractivity contribution in [2.24, 2.45) is 17.6 Å². The van der Waals surface area contributed by atoms with Crippen LogP contribution >= 0.6 is 0 Å². The van der Waals surface area contributed by atoms with Crippen LogP contribution in [-0.2, 0) is 79.5 Å². The molecule has 1 unspecified atom stereocenters. The molecule has 6 amide bonds. The molecule has 420 valence electrons. The summed E-state index contributed by atoms with van der Waals surface area (Å²) < 4.78 is 22.2. The molecule has 0 saturated carbocycles. The van der Waals surface area contributed by atoms with Crippen molar-refractivity contribution in [3.63, 3.8) is 0 Å². The molecule has 79 heavy (non-hydrogen) atoms. The van der Waals surface area contributed by atoms with Crippen molar-refractivity contribution in [2.75, 3.05) is 26.2 Å². The number of halogens is 1. The Morgan fingerprint density at radius 2 is 1.68 bits per heavy atom. The van der Waals surface area contributed by atoms with Crippen molar-refractivity contribution in [2.45, 2.75) is 148 Å². The van der Waals surface area contributed by atoms with Gasteiger partial charge in [0.15, 0.2) is 17.2 Å². The van der Waals surface area contributed by atoms with Crippen LogP contribution in [0.15, 0.2) is 47.3 Å². The van der Waals surface area contributed by atoms with Crippen LogP contribution in [0.25, 0.3) is 22.3 Å². The molecule has 4 aliphatic rings. The second-order valence-corrected chi connectivity index (χ2v) is 21.3. The van der Waals surface area contributed by atoms with Gasteiger partial charge in [0.25, 0.3) is 5.56 Å². The third-order valence-corrected chi connectivity index (χ3v) is 15.8. The monoisotopic (exact) mass is 1090 g/mol. The van der Waals surface area contributed by atoms with E-state index in [0.29, 0.717) is 109 Å². The number of Topliss-reactive ketones (excluding diaryl/α,β-unsaturated/α-hetero) is 2. The molecule has 0 spiro atoms. The fourth-order valence-electron chi connectivity index (χ4n) is 11.3. The third-order valence-electron chi connectivity index (χ3n) is 15.8. The number of likely N-dealkylation sites (tertiary alicyclic amines) is 1. The number of ketones is 2. The van der Waals surface area contributed by atoms with Gasteiger partial charge >= 0.3 is 5.97 Å². The average molecular weight is 1090 g/mol. The fraction of sp³-hybridized carbons (Fsp3) is 0.500. The minimum atomic E-state index is -2.06. The molecule has 0 bridgehead atoms. The number of hydrogen-bond donors (Lipinski definition) is 6. The van der Waals surface area contributed by atoms with Gasteiger partial charge in [0.05, 0.1) is 54.2 Å². The van der Waals surface area contributed by atoms with Crippen molar-refractivity contribution in [1.82, 2.24) is 35.7 Å². The SMILES string of the molecule is CC[C@@]1(O)C(=O)OCc2c1cc1n(c2=O)Cc2c-1nc1cc(F)c(C)c3c1c2[C@@H](NC(=O)CNC(=O)[C@@H](CC(=O)CNC(=O)CCC(=O)[C@H](CCCCN)NC(=O)CCCCCN1C(=O)CC(C)C1=O)Cc1ccccc1)CC3. The Kier molecular flexibility index (Phi) is 18.3. The second-order valence-electron chi connectivity index (χ2n) is 21.3. The number of aryl methyl sites for hydroxylation is 1. The number of pyridine rings is 2. The Bertz CT molecular complexity index is 3160. The van der Waals surface area contributed by atoms with E-state index in [1.165, 1.54) is 15.5 Å². The van der Waals surface area contributed by atoms with Crippen LogP contribution in [0.3, 0.4) is 0 Å². The maximum Gasteiger partial charge on any atom is 0.343 e. The Morgan fingerprint density at radius 3 is 2.41 bits per heavy atom. The standard InChI is InChI=1S/C58H69FN8O12/c1-4-58(78)40-26-45-53-38(30-67(45)56(76)39(40)31-79-57(58)77)52-43(18-17-37-33(3)41(59)27-44(65-53)51(37)52)64-49(72)29-62-54(74)35(24-34-13-7-5-8-14-34)25-36(68)28-61-47(70)20-19-46(69)42(15-10-11-21-60)63-48(71)16-9-6-12-22-66-50(73)23-32(2)55(66)75/h5,7-8,13-14,26-27,32,35,42-43,78H,4,6,9-12,15-25,28-31,60H2,1-3H3,(H,61,70)(H,62,74)(H,63,71)(H,64,72)/t32?,35-,42+,43+,58+/m1/s1. The molecule has 3 aliphatic heterocycles. The van der Waals surface area contributed by atoms with E-state index < -0.39 is 77.5 Å². The maximum atomic E-state index is 15.5. The molecule has 21 heteroatoms. The maximum absolute atomic E-state index is 15.5. The smallest absolute Gasteiger partial charge is 0.343 e. The number of benzene rings is 2. The Labute approximate surface area is 456 Å². The number of rotatable bonds is 26. The number of nitrogens with two attached hydrogens (primary N) is 1. The van der Waals surface area contributed by atoms with Gasteiger partial charge in [-0.15, -0.1) is 0 Å². The summed E-state index contributed by atoms with van der Waals surface area (Å²) in [6, 6.07) is 10.4. The van der Waals surface area contributed by atoms with Gasteiger partial charge in [-0.1, -0.05) is 50.6 Å². The largest absolute Gasteiger partial charge is 0.458 e. The van der Waals surface area contributed by atoms with Crippen molar-refractivity contribution >= 4 is 63.9 Å². The third kappa shape index (κ3) is 12.7. The number of amides is 6. The summed E-state index contributed by atoms with van der Waals surface area (Å²) in [5.74, 6) is -5.86. The molecule has 5 atom stereocenters. The zero-order chi connectivity index (χ0) is 56.7. The van der Waals surface area contributed by atoms with E-state index in [9.17, 15) is 53.1 Å². The van der Waals surface area contributed by atoms with Crippen molar-refractivity contribution in [3.05, 3.63) is 97.6 Å². The summed E-state index contributed by atoms with van der Waals surface area (Å²) in [4.78, 5) is 138. The van der Waals surface area contributed by atoms with Crippen LogP contribution in [0.2, 0.25) is 0 Å². The number of aromatic nitrogens is 2. The van der Waals surface area contributed by atoms with Crippen molar-refractivity contribution in [1.29, 1.82) is 0 Å². The fourth-order valence-corrected chi connectivity index (χ4v) is 11.3. The summed E-state index contributed by atoms with van der Waals surface area (Å²) in [7, 11) is 0. The Hall–Kier alpha value is -7.52. The quantitative estimate of drug-likeness (QED) is 0.0262. The average Bonchev–Trinajstić information content (AvgIpc) is 4.08. The minimum Gasteiger partial charge on any atom is -0.458 e. The van der Waals surface area contributed by atoms with E-state index in [1.807, 2.05) is 0 Å². The summed E-state index contributed by atoms with van der Waals surface area (Å²) >= 11 is 0. The number of hydrogen-bond acceptors (Lipinski definition) is 14. The van der Waals surface area contributed by atoms with Crippen LogP contribution < -0.4 is 32.6 Å². The zero-order valence-electron chi connectivity index (χ0n) is 44.9. The number of carbonyl (C=O) groups excluding carboxylic acids is 9. The first-order chi connectivity index (χ1) is 37.8. The van der Waals surface area contributed by atoms with Crippen LogP contribution in [0.4, 0.5) is 4.39 Å². The lowest BCUT2D eigenvalue weighted by atomic mass is 9.81. The molecular weight excluding hydrogens is 1020 g/mol. The van der Waals surface area contributed by atoms with Gasteiger partial charge in [0.2, 0.25) is 35.4 Å². The van der Waals surface area contributed by atoms with Crippen molar-refractivity contribution < 1.29 is 57.4 Å². The number of fused-ring (bicyclic) bond motifs is 5. The van der Waals surface area contributed by atoms with Crippen LogP contribution in [0, 0.1) is 24.6 Å². The van der Waals surface area contributed by atoms with Gasteiger partial charge in [-0.2, -0.15) is 0 Å². The molecule has 1 fully saturated rings. The molecule has 1 saturated heterocycles. The van der Waals surface area contributed by atoms with Crippen LogP contribution in [-0.4, -0.2) is 105 Å². The number of nitrogens with one attached hydrogen (secondary N) is 4. The first-order valence-electron chi connectivity index (χ1n) is 27.4. The van der Waals surface area contributed by atoms with Gasteiger partial charge in [0.1, 0.15) is 12.4 Å². The number of aliphatic hydroxyl groups is 1. The Balaban J connectivity index is 0.869. The number of cyclic esters (lactones) is 1. The first kappa shape index (κ1) is 57.6. The molecule has 5 heterocycles. The summed E-state index contributed by atoms with van der Waals surface area (Å²) in [6.07, 6.45) is 3.56. The summed E-state index contributed by atoms with van der Waals surface area (Å²) in [5, 5.41) is 23.1. The second kappa shape index (κ2) is 25.1. The highest BCUT2D eigenvalue weighted by Crippen LogP contribution is 2.46. The van der Waals surface area contributed by atoms with E-state index in [0.717, 1.165) is 5.56 Å². The first-order valence-corrected chi connectivity index (χ1v) is 27.4. The molecule has 20 nitrogen and oxygen atoms in total. The number of imide groups is 1. The molecule has 8 rings (SSSR count). The van der Waals surface area contributed by atoms with E-state index in [4.69, 9.17) is 15.5 Å². The number of nitrogens with zero attached hydrogens (tertiary/aromatic N) is 3. The van der Waals surface area contributed by atoms with Gasteiger partial charge in [-0.05, 0) is 99.6 Å². The molecule has 4 aromatic rings. The predicted molar refractivity (Wildman–Crippen MR) is 286 cm³/mol. The number of unbranched alkanes of at least 4 members (excludes halogenated alkanes) is 3.